The van der Waals surface area contributed by atoms with E-state index >= 15 is 0 Å². The number of fused-ring (bicyclic) bond motifs is 2. The fraction of sp³-hybridized carbons (Fsp3) is 0.438. The van der Waals surface area contributed by atoms with Crippen molar-refractivity contribution < 1.29 is 9.53 Å². The predicted octanol–water partition coefficient (Wildman–Crippen LogP) is 5.69. The Balaban J connectivity index is 1.08. The number of likely N-dealkylation sites (tertiary alicyclic amines) is 1. The normalized spacial score (nSPS) is 15.4. The molecule has 6 rings (SSSR count). The van der Waals surface area contributed by atoms with E-state index in [2.05, 4.69) is 82.8 Å². The van der Waals surface area contributed by atoms with Crippen LogP contribution in [0, 0.1) is 19.8 Å². The first-order valence-corrected chi connectivity index (χ1v) is 14.9. The van der Waals surface area contributed by atoms with Gasteiger partial charge in [-0.05, 0) is 61.1 Å². The van der Waals surface area contributed by atoms with Gasteiger partial charge in [0.25, 0.3) is 0 Å². The third-order valence-corrected chi connectivity index (χ3v) is 8.31. The van der Waals surface area contributed by atoms with Crippen molar-refractivity contribution >= 4 is 40.3 Å². The molecule has 2 aliphatic heterocycles. The van der Waals surface area contributed by atoms with Crippen molar-refractivity contribution in [3.63, 3.8) is 0 Å². The van der Waals surface area contributed by atoms with Crippen molar-refractivity contribution in [2.24, 2.45) is 13.0 Å². The third kappa shape index (κ3) is 5.90. The van der Waals surface area contributed by atoms with Crippen LogP contribution in [0.1, 0.15) is 42.0 Å². The van der Waals surface area contributed by atoms with Crippen LogP contribution in [0.5, 0.6) is 0 Å². The maximum Gasteiger partial charge on any atom is 0.409 e. The van der Waals surface area contributed by atoms with Crippen molar-refractivity contribution in [2.45, 2.75) is 46.6 Å². The number of carbonyl (C=O) groups excluding carboxylic acids is 1. The minimum atomic E-state index is -0.167. The summed E-state index contributed by atoms with van der Waals surface area (Å²) >= 11 is 0. The molecule has 10 nitrogen and oxygen atoms in total. The fourth-order valence-electron chi connectivity index (χ4n) is 5.89. The van der Waals surface area contributed by atoms with Crippen LogP contribution >= 0.6 is 0 Å². The van der Waals surface area contributed by atoms with Crippen LogP contribution in [0.15, 0.2) is 42.6 Å². The number of anilines is 4. The summed E-state index contributed by atoms with van der Waals surface area (Å²) < 4.78 is 7.13. The van der Waals surface area contributed by atoms with E-state index in [4.69, 9.17) is 9.72 Å². The molecule has 42 heavy (non-hydrogen) atoms. The first-order chi connectivity index (χ1) is 20.4. The van der Waals surface area contributed by atoms with Crippen molar-refractivity contribution in [3.8, 4) is 0 Å². The number of nitrogens with zero attached hydrogens (tertiary/aromatic N) is 6. The summed E-state index contributed by atoms with van der Waals surface area (Å²) in [5.74, 6) is 1.78. The van der Waals surface area contributed by atoms with Crippen LogP contribution < -0.4 is 10.6 Å². The zero-order chi connectivity index (χ0) is 29.2. The smallest absolute Gasteiger partial charge is 0.409 e. The van der Waals surface area contributed by atoms with Gasteiger partial charge in [0, 0.05) is 63.3 Å². The minimum absolute atomic E-state index is 0.167. The molecule has 1 amide bonds. The molecule has 0 atom stereocenters. The number of para-hydroxylation sites is 1. The highest BCUT2D eigenvalue weighted by molar-refractivity contribution is 5.90. The van der Waals surface area contributed by atoms with Crippen LogP contribution in [-0.4, -0.2) is 68.4 Å². The Bertz CT molecular complexity index is 1570. The van der Waals surface area contributed by atoms with Crippen molar-refractivity contribution in [1.82, 2.24) is 29.5 Å². The number of benzene rings is 2. The van der Waals surface area contributed by atoms with Gasteiger partial charge in [-0.15, -0.1) is 0 Å². The van der Waals surface area contributed by atoms with Crippen LogP contribution in [-0.2, 0) is 24.8 Å². The number of ether oxygens (including phenoxy) is 1. The molecule has 4 aromatic rings. The molecular weight excluding hydrogens is 528 g/mol. The van der Waals surface area contributed by atoms with Gasteiger partial charge in [0.15, 0.2) is 11.5 Å². The molecule has 2 aromatic carbocycles. The van der Waals surface area contributed by atoms with Gasteiger partial charge < -0.3 is 20.3 Å². The van der Waals surface area contributed by atoms with Gasteiger partial charge in [0.1, 0.15) is 0 Å². The second kappa shape index (κ2) is 12.0. The maximum atomic E-state index is 12.1. The molecule has 0 bridgehead atoms. The molecule has 0 spiro atoms. The van der Waals surface area contributed by atoms with Crippen molar-refractivity contribution in [1.29, 1.82) is 0 Å². The summed E-state index contributed by atoms with van der Waals surface area (Å²) in [6, 6.07) is 12.8. The van der Waals surface area contributed by atoms with E-state index < -0.39 is 0 Å². The molecule has 2 aromatic heterocycles. The Morgan fingerprint density at radius 2 is 1.90 bits per heavy atom. The minimum Gasteiger partial charge on any atom is -0.449 e. The quantitative estimate of drug-likeness (QED) is 0.248. The molecule has 0 saturated carbocycles. The average Bonchev–Trinajstić information content (AvgIpc) is 3.26. The molecule has 1 saturated heterocycles. The number of unbranched alkanes of at least 4 members (excludes halogenated alkanes) is 1. The standard InChI is InChI=1S/C32H40N8O2/c1-5-6-14-42-32(41)40-18-23(19-40)17-39-13-12-24-10-11-26(15-25(24)20-39)34-31-33-16-27-29(37-38(4)30(27)36-31)35-28-21(2)8-7-9-22(28)3/h7-11,15-16,23H,5-6,12-14,17-20H2,1-4H3,(H,35,37)(H,33,34,36). The van der Waals surface area contributed by atoms with E-state index in [1.807, 2.05) is 18.1 Å². The van der Waals surface area contributed by atoms with Crippen molar-refractivity contribution in [2.75, 3.05) is 43.4 Å². The topological polar surface area (TPSA) is 100 Å². The lowest BCUT2D eigenvalue weighted by Gasteiger charge is -2.41. The Hall–Kier alpha value is -4.18. The molecule has 1 fully saturated rings. The monoisotopic (exact) mass is 568 g/mol. The zero-order valence-corrected chi connectivity index (χ0v) is 25.0. The van der Waals surface area contributed by atoms with Gasteiger partial charge in [0.05, 0.1) is 12.0 Å². The van der Waals surface area contributed by atoms with Crippen LogP contribution in [0.4, 0.5) is 27.9 Å². The highest BCUT2D eigenvalue weighted by Crippen LogP contribution is 2.30. The van der Waals surface area contributed by atoms with Gasteiger partial charge in [0.2, 0.25) is 5.95 Å². The SMILES string of the molecule is CCCCOC(=O)N1CC(CN2CCc3ccc(Nc4ncc5c(Nc6c(C)cccc6C)nn(C)c5n4)cc3C2)C1. The number of hydrogen-bond donors (Lipinski definition) is 2. The van der Waals surface area contributed by atoms with Crippen LogP contribution in [0.2, 0.25) is 0 Å². The fourth-order valence-corrected chi connectivity index (χ4v) is 5.89. The summed E-state index contributed by atoms with van der Waals surface area (Å²) in [5, 5.41) is 12.5. The summed E-state index contributed by atoms with van der Waals surface area (Å²) in [7, 11) is 1.90. The Morgan fingerprint density at radius 3 is 2.69 bits per heavy atom. The first kappa shape index (κ1) is 28.0. The third-order valence-electron chi connectivity index (χ3n) is 8.31. The first-order valence-electron chi connectivity index (χ1n) is 14.9. The molecule has 0 radical (unpaired) electrons. The Labute approximate surface area is 247 Å². The Kier molecular flexibility index (Phi) is 7.97. The average molecular weight is 569 g/mol. The number of nitrogens with one attached hydrogen (secondary N) is 2. The zero-order valence-electron chi connectivity index (χ0n) is 25.0. The van der Waals surface area contributed by atoms with Crippen LogP contribution in [0.3, 0.4) is 0 Å². The van der Waals surface area contributed by atoms with Gasteiger partial charge in [-0.2, -0.15) is 10.1 Å². The Morgan fingerprint density at radius 1 is 1.10 bits per heavy atom. The van der Waals surface area contributed by atoms with E-state index in [9.17, 15) is 4.79 Å². The maximum absolute atomic E-state index is 12.1. The van der Waals surface area contributed by atoms with Crippen molar-refractivity contribution in [3.05, 3.63) is 64.8 Å². The lowest BCUT2D eigenvalue weighted by Crippen LogP contribution is -2.54. The number of amides is 1. The van der Waals surface area contributed by atoms with Gasteiger partial charge in [-0.3, -0.25) is 4.90 Å². The molecule has 4 heterocycles. The number of aryl methyl sites for hydroxylation is 3. The summed E-state index contributed by atoms with van der Waals surface area (Å²) in [6.45, 7) is 11.3. The molecule has 10 heteroatoms. The molecule has 2 N–H and O–H groups in total. The number of hydrogen-bond acceptors (Lipinski definition) is 8. The number of rotatable bonds is 9. The van der Waals surface area contributed by atoms with Gasteiger partial charge in [-0.25, -0.2) is 14.5 Å². The lowest BCUT2D eigenvalue weighted by atomic mass is 9.95. The molecule has 2 aliphatic rings. The van der Waals surface area contributed by atoms with Gasteiger partial charge >= 0.3 is 6.09 Å². The molecule has 0 unspecified atom stereocenters. The predicted molar refractivity (Wildman–Crippen MR) is 166 cm³/mol. The second-order valence-corrected chi connectivity index (χ2v) is 11.6. The van der Waals surface area contributed by atoms with Crippen LogP contribution in [0.25, 0.3) is 11.0 Å². The number of aromatic nitrogens is 4. The summed E-state index contributed by atoms with van der Waals surface area (Å²) in [5.41, 5.74) is 7.82. The van der Waals surface area contributed by atoms with E-state index in [0.717, 1.165) is 91.3 Å². The second-order valence-electron chi connectivity index (χ2n) is 11.6. The van der Waals surface area contributed by atoms with E-state index in [1.165, 1.54) is 11.1 Å². The van der Waals surface area contributed by atoms with Gasteiger partial charge in [-0.1, -0.05) is 37.6 Å². The largest absolute Gasteiger partial charge is 0.449 e. The van der Waals surface area contributed by atoms with E-state index in [0.29, 0.717) is 18.5 Å². The highest BCUT2D eigenvalue weighted by Gasteiger charge is 2.33. The molecule has 0 aliphatic carbocycles. The summed E-state index contributed by atoms with van der Waals surface area (Å²) in [4.78, 5) is 25.9. The van der Waals surface area contributed by atoms with E-state index in [-0.39, 0.29) is 6.09 Å². The number of carbonyl (C=O) groups is 1. The highest BCUT2D eigenvalue weighted by atomic mass is 16.6. The lowest BCUT2D eigenvalue weighted by molar-refractivity contribution is 0.0382. The summed E-state index contributed by atoms with van der Waals surface area (Å²) in [6.07, 6.45) is 4.64. The molecular formula is C32H40N8O2. The molecule has 220 valence electrons. The van der Waals surface area contributed by atoms with E-state index in [1.54, 1.807) is 4.68 Å².